The van der Waals surface area contributed by atoms with E-state index >= 15 is 0 Å². The van der Waals surface area contributed by atoms with Crippen LogP contribution < -0.4 is 5.32 Å². The van der Waals surface area contributed by atoms with Gasteiger partial charge in [0, 0.05) is 5.69 Å². The molecule has 0 spiro atoms. The number of esters is 1. The first kappa shape index (κ1) is 15.5. The standard InChI is InChI=1S/C14H22BrN3O2/c1-5-20-13(19)14(16-4,11-6-7-11)8-18-10(3)12(15)9(2)17-18/h11,16H,5-8H2,1-4H3. The molecule has 20 heavy (non-hydrogen) atoms. The fourth-order valence-electron chi connectivity index (χ4n) is 2.65. The van der Waals surface area contributed by atoms with Crippen molar-refractivity contribution in [2.24, 2.45) is 5.92 Å². The van der Waals surface area contributed by atoms with E-state index in [2.05, 4.69) is 26.3 Å². The van der Waals surface area contributed by atoms with Crippen LogP contribution in [0.3, 0.4) is 0 Å². The maximum Gasteiger partial charge on any atom is 0.328 e. The van der Waals surface area contributed by atoms with Gasteiger partial charge in [0.1, 0.15) is 5.54 Å². The van der Waals surface area contributed by atoms with E-state index in [0.717, 1.165) is 28.7 Å². The normalized spacial score (nSPS) is 17.9. The van der Waals surface area contributed by atoms with Gasteiger partial charge >= 0.3 is 5.97 Å². The van der Waals surface area contributed by atoms with E-state index in [1.165, 1.54) is 0 Å². The lowest BCUT2D eigenvalue weighted by Crippen LogP contribution is -2.56. The third-order valence-corrected chi connectivity index (χ3v) is 5.20. The summed E-state index contributed by atoms with van der Waals surface area (Å²) in [5, 5.41) is 7.73. The van der Waals surface area contributed by atoms with Crippen molar-refractivity contribution in [1.29, 1.82) is 0 Å². The van der Waals surface area contributed by atoms with Crippen molar-refractivity contribution in [3.05, 3.63) is 15.9 Å². The average Bonchev–Trinajstić information content (AvgIpc) is 3.23. The van der Waals surface area contributed by atoms with E-state index in [1.54, 1.807) is 0 Å². The Kier molecular flexibility index (Phi) is 4.54. The van der Waals surface area contributed by atoms with Crippen LogP contribution in [0.25, 0.3) is 0 Å². The zero-order valence-corrected chi connectivity index (χ0v) is 14.1. The quantitative estimate of drug-likeness (QED) is 0.804. The van der Waals surface area contributed by atoms with Crippen LogP contribution >= 0.6 is 15.9 Å². The second-order valence-electron chi connectivity index (χ2n) is 5.36. The highest BCUT2D eigenvalue weighted by molar-refractivity contribution is 9.10. The first-order chi connectivity index (χ1) is 9.46. The zero-order valence-electron chi connectivity index (χ0n) is 12.5. The van der Waals surface area contributed by atoms with E-state index in [-0.39, 0.29) is 5.97 Å². The van der Waals surface area contributed by atoms with Crippen molar-refractivity contribution in [3.8, 4) is 0 Å². The summed E-state index contributed by atoms with van der Waals surface area (Å²) in [5.74, 6) is 0.155. The monoisotopic (exact) mass is 343 g/mol. The van der Waals surface area contributed by atoms with E-state index in [1.807, 2.05) is 32.5 Å². The second kappa shape index (κ2) is 5.85. The largest absolute Gasteiger partial charge is 0.465 e. The summed E-state index contributed by atoms with van der Waals surface area (Å²) < 4.78 is 8.19. The zero-order chi connectivity index (χ0) is 14.9. The number of likely N-dealkylation sites (N-methyl/N-ethyl adjacent to an activating group) is 1. The Hall–Kier alpha value is -0.880. The van der Waals surface area contributed by atoms with Crippen molar-refractivity contribution in [2.75, 3.05) is 13.7 Å². The van der Waals surface area contributed by atoms with Gasteiger partial charge < -0.3 is 10.1 Å². The van der Waals surface area contributed by atoms with Gasteiger partial charge in [0.2, 0.25) is 0 Å². The van der Waals surface area contributed by atoms with Gasteiger partial charge in [-0.1, -0.05) is 0 Å². The molecule has 1 aromatic rings. The predicted molar refractivity (Wildman–Crippen MR) is 80.5 cm³/mol. The molecule has 1 saturated carbocycles. The molecule has 1 atom stereocenters. The Bertz CT molecular complexity index is 511. The Labute approximate surface area is 128 Å². The topological polar surface area (TPSA) is 56.2 Å². The van der Waals surface area contributed by atoms with E-state index in [4.69, 9.17) is 4.74 Å². The molecule has 5 nitrogen and oxygen atoms in total. The van der Waals surface area contributed by atoms with E-state index in [9.17, 15) is 4.79 Å². The minimum Gasteiger partial charge on any atom is -0.465 e. The fraction of sp³-hybridized carbons (Fsp3) is 0.714. The molecule has 1 aliphatic carbocycles. The summed E-state index contributed by atoms with van der Waals surface area (Å²) in [4.78, 5) is 12.4. The smallest absolute Gasteiger partial charge is 0.328 e. The summed E-state index contributed by atoms with van der Waals surface area (Å²) in [6, 6.07) is 0. The molecule has 0 amide bonds. The SMILES string of the molecule is CCOC(=O)C(Cn1nc(C)c(Br)c1C)(NC)C1CC1. The molecular formula is C14H22BrN3O2. The van der Waals surface area contributed by atoms with Gasteiger partial charge in [-0.3, -0.25) is 4.68 Å². The molecule has 0 radical (unpaired) electrons. The molecule has 1 unspecified atom stereocenters. The van der Waals surface area contributed by atoms with Gasteiger partial charge in [-0.25, -0.2) is 4.79 Å². The third kappa shape index (κ3) is 2.63. The minimum atomic E-state index is -0.668. The first-order valence-electron chi connectivity index (χ1n) is 7.02. The molecular weight excluding hydrogens is 322 g/mol. The van der Waals surface area contributed by atoms with Crippen LogP contribution in [0.5, 0.6) is 0 Å². The third-order valence-electron chi connectivity index (χ3n) is 4.05. The van der Waals surface area contributed by atoms with Crippen LogP contribution in [0.4, 0.5) is 0 Å². The van der Waals surface area contributed by atoms with Gasteiger partial charge in [0.05, 0.1) is 23.3 Å². The molecule has 1 aromatic heterocycles. The van der Waals surface area contributed by atoms with Gasteiger partial charge in [0.15, 0.2) is 0 Å². The molecule has 6 heteroatoms. The van der Waals surface area contributed by atoms with Crippen LogP contribution in [0.15, 0.2) is 4.47 Å². The lowest BCUT2D eigenvalue weighted by Gasteiger charge is -2.31. The first-order valence-corrected chi connectivity index (χ1v) is 7.81. The molecule has 0 aromatic carbocycles. The number of rotatable bonds is 6. The van der Waals surface area contributed by atoms with Crippen molar-refractivity contribution < 1.29 is 9.53 Å². The van der Waals surface area contributed by atoms with Crippen LogP contribution in [0, 0.1) is 19.8 Å². The van der Waals surface area contributed by atoms with Gasteiger partial charge in [0.25, 0.3) is 0 Å². The number of hydrogen-bond donors (Lipinski definition) is 1. The van der Waals surface area contributed by atoms with Gasteiger partial charge in [-0.2, -0.15) is 5.10 Å². The summed E-state index contributed by atoms with van der Waals surface area (Å²) in [6.45, 7) is 6.70. The lowest BCUT2D eigenvalue weighted by atomic mass is 9.93. The molecule has 0 saturated heterocycles. The molecule has 1 N–H and O–H groups in total. The summed E-state index contributed by atoms with van der Waals surface area (Å²) in [5.41, 5.74) is 1.30. The van der Waals surface area contributed by atoms with Crippen LogP contribution in [-0.2, 0) is 16.1 Å². The number of carbonyl (C=O) groups is 1. The summed E-state index contributed by atoms with van der Waals surface area (Å²) in [7, 11) is 1.83. The molecule has 1 fully saturated rings. The van der Waals surface area contributed by atoms with Crippen molar-refractivity contribution >= 4 is 21.9 Å². The Morgan fingerprint density at radius 1 is 1.55 bits per heavy atom. The minimum absolute atomic E-state index is 0.173. The number of aryl methyl sites for hydroxylation is 1. The average molecular weight is 344 g/mol. The van der Waals surface area contributed by atoms with E-state index < -0.39 is 5.54 Å². The maximum atomic E-state index is 12.4. The fourth-order valence-corrected chi connectivity index (χ4v) is 2.93. The number of ether oxygens (including phenoxy) is 1. The molecule has 1 aliphatic rings. The molecule has 112 valence electrons. The number of aromatic nitrogens is 2. The van der Waals surface area contributed by atoms with Crippen LogP contribution in [0.1, 0.15) is 31.2 Å². The predicted octanol–water partition coefficient (Wildman–Crippen LogP) is 2.19. The maximum absolute atomic E-state index is 12.4. The molecule has 2 rings (SSSR count). The van der Waals surface area contributed by atoms with Crippen LogP contribution in [0.2, 0.25) is 0 Å². The second-order valence-corrected chi connectivity index (χ2v) is 6.15. The van der Waals surface area contributed by atoms with Crippen molar-refractivity contribution in [2.45, 2.75) is 45.7 Å². The number of nitrogens with one attached hydrogen (secondary N) is 1. The number of nitrogens with zero attached hydrogens (tertiary/aromatic N) is 2. The number of carbonyl (C=O) groups excluding carboxylic acids is 1. The molecule has 0 bridgehead atoms. The Morgan fingerprint density at radius 3 is 2.60 bits per heavy atom. The van der Waals surface area contributed by atoms with Crippen molar-refractivity contribution in [3.63, 3.8) is 0 Å². The summed E-state index contributed by atoms with van der Waals surface area (Å²) >= 11 is 3.53. The highest BCUT2D eigenvalue weighted by Gasteiger charge is 2.51. The number of hydrogen-bond acceptors (Lipinski definition) is 4. The summed E-state index contributed by atoms with van der Waals surface area (Å²) in [6.07, 6.45) is 2.11. The lowest BCUT2D eigenvalue weighted by molar-refractivity contribution is -0.153. The Balaban J connectivity index is 2.32. The highest BCUT2D eigenvalue weighted by atomic mass is 79.9. The highest BCUT2D eigenvalue weighted by Crippen LogP contribution is 2.41. The van der Waals surface area contributed by atoms with E-state index in [0.29, 0.717) is 19.1 Å². The van der Waals surface area contributed by atoms with Crippen LogP contribution in [-0.4, -0.2) is 34.9 Å². The number of halogens is 1. The van der Waals surface area contributed by atoms with Crippen molar-refractivity contribution in [1.82, 2.24) is 15.1 Å². The van der Waals surface area contributed by atoms with Gasteiger partial charge in [-0.15, -0.1) is 0 Å². The van der Waals surface area contributed by atoms with Gasteiger partial charge in [-0.05, 0) is 62.5 Å². The Morgan fingerprint density at radius 2 is 2.20 bits per heavy atom. The molecule has 1 heterocycles. The molecule has 0 aliphatic heterocycles.